The molecule has 0 saturated heterocycles. The van der Waals surface area contributed by atoms with Gasteiger partial charge in [-0.05, 0) is 43.0 Å². The average molecular weight is 287 g/mol. The van der Waals surface area contributed by atoms with Crippen LogP contribution in [0.25, 0.3) is 0 Å². The van der Waals surface area contributed by atoms with E-state index in [9.17, 15) is 0 Å². The smallest absolute Gasteiger partial charge is 0.151 e. The van der Waals surface area contributed by atoms with Crippen molar-refractivity contribution < 1.29 is 0 Å². The lowest BCUT2D eigenvalue weighted by atomic mass is 10.1. The van der Waals surface area contributed by atoms with E-state index in [1.165, 1.54) is 10.5 Å². The average Bonchev–Trinajstić information content (AvgIpc) is 2.47. The minimum Gasteiger partial charge on any atom is -0.376 e. The number of nitrogens with one attached hydrogen (secondary N) is 1. The third kappa shape index (κ3) is 3.45. The number of thioether (sulfide) groups is 1. The Balaban J connectivity index is 2.16. The van der Waals surface area contributed by atoms with E-state index in [0.29, 0.717) is 0 Å². The Morgan fingerprint density at radius 1 is 1.15 bits per heavy atom. The first-order valence-electron chi connectivity index (χ1n) is 6.64. The molecule has 1 heterocycles. The van der Waals surface area contributed by atoms with E-state index in [4.69, 9.17) is 0 Å². The maximum Gasteiger partial charge on any atom is 0.151 e. The molecule has 0 amide bonds. The first-order chi connectivity index (χ1) is 9.61. The predicted molar refractivity (Wildman–Crippen MR) is 88.8 cm³/mol. The summed E-state index contributed by atoms with van der Waals surface area (Å²) in [5, 5.41) is 3.53. The summed E-state index contributed by atoms with van der Waals surface area (Å²) in [5.41, 5.74) is 2.33. The van der Waals surface area contributed by atoms with Gasteiger partial charge in [0.1, 0.15) is 0 Å². The lowest BCUT2D eigenvalue weighted by Gasteiger charge is -2.21. The van der Waals surface area contributed by atoms with E-state index in [-0.39, 0.29) is 6.04 Å². The molecule has 1 atom stereocenters. The summed E-state index contributed by atoms with van der Waals surface area (Å²) >= 11 is 1.76. The van der Waals surface area contributed by atoms with Gasteiger partial charge in [-0.15, -0.1) is 11.8 Å². The molecule has 4 heteroatoms. The highest BCUT2D eigenvalue weighted by molar-refractivity contribution is 7.98. The van der Waals surface area contributed by atoms with E-state index >= 15 is 0 Å². The highest BCUT2D eigenvalue weighted by Crippen LogP contribution is 2.26. The predicted octanol–water partition coefficient (Wildman–Crippen LogP) is 4.04. The summed E-state index contributed by atoms with van der Waals surface area (Å²) < 4.78 is 0. The number of hydrogen-bond acceptors (Lipinski definition) is 4. The Labute approximate surface area is 125 Å². The zero-order valence-electron chi connectivity index (χ0n) is 12.4. The van der Waals surface area contributed by atoms with Crippen LogP contribution < -0.4 is 10.2 Å². The molecule has 0 bridgehead atoms. The molecule has 1 unspecified atom stereocenters. The van der Waals surface area contributed by atoms with Crippen molar-refractivity contribution in [2.75, 3.05) is 30.6 Å². The second-order valence-electron chi connectivity index (χ2n) is 4.91. The van der Waals surface area contributed by atoms with Crippen LogP contribution >= 0.6 is 11.8 Å². The maximum absolute atomic E-state index is 4.41. The largest absolute Gasteiger partial charge is 0.376 e. The van der Waals surface area contributed by atoms with Gasteiger partial charge in [-0.2, -0.15) is 0 Å². The Morgan fingerprint density at radius 2 is 1.85 bits per heavy atom. The standard InChI is InChI=1S/C16H21N3S/c1-12(13-7-9-14(20-4)10-8-13)18-15-6-5-11-17-16(15)19(2)3/h5-12,18H,1-4H3. The lowest BCUT2D eigenvalue weighted by Crippen LogP contribution is -2.15. The third-order valence-electron chi connectivity index (χ3n) is 3.20. The molecule has 0 aliphatic carbocycles. The third-order valence-corrected chi connectivity index (χ3v) is 3.94. The highest BCUT2D eigenvalue weighted by atomic mass is 32.2. The number of benzene rings is 1. The van der Waals surface area contributed by atoms with Crippen LogP contribution in [0, 0.1) is 0 Å². The van der Waals surface area contributed by atoms with E-state index < -0.39 is 0 Å². The molecule has 1 aromatic carbocycles. The second-order valence-corrected chi connectivity index (χ2v) is 5.79. The van der Waals surface area contributed by atoms with Gasteiger partial charge in [0.15, 0.2) is 5.82 Å². The molecule has 3 nitrogen and oxygen atoms in total. The summed E-state index contributed by atoms with van der Waals surface area (Å²) in [6.45, 7) is 2.17. The van der Waals surface area contributed by atoms with Gasteiger partial charge in [0.25, 0.3) is 0 Å². The molecule has 0 aliphatic rings. The lowest BCUT2D eigenvalue weighted by molar-refractivity contribution is 0.878. The second kappa shape index (κ2) is 6.66. The number of pyridine rings is 1. The van der Waals surface area contributed by atoms with Crippen LogP contribution in [0.4, 0.5) is 11.5 Å². The fourth-order valence-electron chi connectivity index (χ4n) is 2.08. The van der Waals surface area contributed by atoms with Crippen LogP contribution in [0.3, 0.4) is 0 Å². The van der Waals surface area contributed by atoms with Gasteiger partial charge < -0.3 is 10.2 Å². The summed E-state index contributed by atoms with van der Waals surface area (Å²) in [6, 6.07) is 12.9. The van der Waals surface area contributed by atoms with Crippen molar-refractivity contribution >= 4 is 23.3 Å². The van der Waals surface area contributed by atoms with E-state index in [2.05, 4.69) is 53.8 Å². The first kappa shape index (κ1) is 14.7. The van der Waals surface area contributed by atoms with Gasteiger partial charge in [0.2, 0.25) is 0 Å². The van der Waals surface area contributed by atoms with Gasteiger partial charge in [0.05, 0.1) is 5.69 Å². The van der Waals surface area contributed by atoms with E-state index in [0.717, 1.165) is 11.5 Å². The SMILES string of the molecule is CSc1ccc(C(C)Nc2cccnc2N(C)C)cc1. The fraction of sp³-hybridized carbons (Fsp3) is 0.312. The number of nitrogens with zero attached hydrogens (tertiary/aromatic N) is 2. The topological polar surface area (TPSA) is 28.2 Å². The van der Waals surface area contributed by atoms with Crippen LogP contribution in [0.2, 0.25) is 0 Å². The summed E-state index contributed by atoms with van der Waals surface area (Å²) in [7, 11) is 4.01. The van der Waals surface area contributed by atoms with Crippen molar-refractivity contribution in [1.82, 2.24) is 4.98 Å². The van der Waals surface area contributed by atoms with Crippen molar-refractivity contribution in [2.24, 2.45) is 0 Å². The zero-order chi connectivity index (χ0) is 14.5. The Morgan fingerprint density at radius 3 is 2.45 bits per heavy atom. The fourth-order valence-corrected chi connectivity index (χ4v) is 2.48. The molecule has 2 rings (SSSR count). The number of anilines is 2. The van der Waals surface area contributed by atoms with E-state index in [1.807, 2.05) is 31.3 Å². The zero-order valence-corrected chi connectivity index (χ0v) is 13.2. The van der Waals surface area contributed by atoms with Crippen molar-refractivity contribution in [3.63, 3.8) is 0 Å². The van der Waals surface area contributed by atoms with Crippen molar-refractivity contribution in [1.29, 1.82) is 0 Å². The summed E-state index contributed by atoms with van der Waals surface area (Å²) in [6.07, 6.45) is 3.91. The number of hydrogen-bond donors (Lipinski definition) is 1. The Kier molecular flexibility index (Phi) is 4.90. The van der Waals surface area contributed by atoms with Gasteiger partial charge in [-0.1, -0.05) is 12.1 Å². The normalized spacial score (nSPS) is 12.0. The molecule has 0 spiro atoms. The number of rotatable bonds is 5. The molecule has 0 aliphatic heterocycles. The first-order valence-corrected chi connectivity index (χ1v) is 7.87. The van der Waals surface area contributed by atoms with Gasteiger partial charge in [-0.25, -0.2) is 4.98 Å². The minimum absolute atomic E-state index is 0.244. The van der Waals surface area contributed by atoms with Crippen LogP contribution in [0.15, 0.2) is 47.5 Å². The molecule has 0 fully saturated rings. The van der Waals surface area contributed by atoms with Crippen LogP contribution in [0.1, 0.15) is 18.5 Å². The van der Waals surface area contributed by atoms with Crippen molar-refractivity contribution in [2.45, 2.75) is 17.9 Å². The number of aromatic nitrogens is 1. The molecule has 0 radical (unpaired) electrons. The Hall–Kier alpha value is -1.68. The van der Waals surface area contributed by atoms with Crippen LogP contribution in [-0.4, -0.2) is 25.3 Å². The molecule has 2 aromatic rings. The van der Waals surface area contributed by atoms with Gasteiger partial charge in [-0.3, -0.25) is 0 Å². The van der Waals surface area contributed by atoms with Crippen molar-refractivity contribution in [3.8, 4) is 0 Å². The molecular weight excluding hydrogens is 266 g/mol. The maximum atomic E-state index is 4.41. The molecule has 1 aromatic heterocycles. The molecule has 1 N–H and O–H groups in total. The molecule has 0 saturated carbocycles. The molecular formula is C16H21N3S. The van der Waals surface area contributed by atoms with Crippen LogP contribution in [0.5, 0.6) is 0 Å². The highest BCUT2D eigenvalue weighted by Gasteiger charge is 2.10. The van der Waals surface area contributed by atoms with Gasteiger partial charge >= 0.3 is 0 Å². The van der Waals surface area contributed by atoms with Gasteiger partial charge in [0, 0.05) is 31.2 Å². The minimum atomic E-state index is 0.244. The summed E-state index contributed by atoms with van der Waals surface area (Å²) in [4.78, 5) is 7.72. The monoisotopic (exact) mass is 287 g/mol. The summed E-state index contributed by atoms with van der Waals surface area (Å²) in [5.74, 6) is 0.958. The quantitative estimate of drug-likeness (QED) is 0.840. The van der Waals surface area contributed by atoms with Crippen LogP contribution in [-0.2, 0) is 0 Å². The molecule has 20 heavy (non-hydrogen) atoms. The molecule has 106 valence electrons. The Bertz CT molecular complexity index is 552. The van der Waals surface area contributed by atoms with E-state index in [1.54, 1.807) is 11.8 Å². The van der Waals surface area contributed by atoms with Crippen molar-refractivity contribution in [3.05, 3.63) is 48.2 Å².